The standard InChI is InChI=1S/C8H7BrClFS/c1-2-12-8-6(11)4-3-5(9)7(8)10/h3-4H,2H2,1H3. The van der Waals surface area contributed by atoms with Crippen LogP contribution in [0.3, 0.4) is 0 Å². The maximum absolute atomic E-state index is 13.1. The molecule has 1 rings (SSSR count). The highest BCUT2D eigenvalue weighted by molar-refractivity contribution is 9.10. The van der Waals surface area contributed by atoms with Gasteiger partial charge >= 0.3 is 0 Å². The molecule has 0 N–H and O–H groups in total. The van der Waals surface area contributed by atoms with Crippen molar-refractivity contribution in [2.45, 2.75) is 11.8 Å². The summed E-state index contributed by atoms with van der Waals surface area (Å²) in [7, 11) is 0. The van der Waals surface area contributed by atoms with Crippen molar-refractivity contribution >= 4 is 39.3 Å². The Morgan fingerprint density at radius 3 is 2.83 bits per heavy atom. The molecule has 4 heteroatoms. The molecule has 0 aliphatic carbocycles. The second-order valence-electron chi connectivity index (χ2n) is 2.11. The van der Waals surface area contributed by atoms with Gasteiger partial charge in [0.15, 0.2) is 0 Å². The van der Waals surface area contributed by atoms with Crippen molar-refractivity contribution in [3.63, 3.8) is 0 Å². The normalized spacial score (nSPS) is 10.3. The molecule has 0 nitrogen and oxygen atoms in total. The van der Waals surface area contributed by atoms with Gasteiger partial charge in [-0.15, -0.1) is 11.8 Å². The van der Waals surface area contributed by atoms with Crippen molar-refractivity contribution in [1.29, 1.82) is 0 Å². The third-order valence-corrected chi connectivity index (χ3v) is 3.66. The van der Waals surface area contributed by atoms with Gasteiger partial charge in [0.05, 0.1) is 9.92 Å². The number of hydrogen-bond donors (Lipinski definition) is 0. The number of benzene rings is 1. The Morgan fingerprint density at radius 1 is 1.58 bits per heavy atom. The topological polar surface area (TPSA) is 0 Å². The fraction of sp³-hybridized carbons (Fsp3) is 0.250. The van der Waals surface area contributed by atoms with Crippen molar-refractivity contribution in [2.75, 3.05) is 5.75 Å². The Bertz CT molecular complexity index is 291. The zero-order valence-electron chi connectivity index (χ0n) is 6.40. The van der Waals surface area contributed by atoms with Crippen LogP contribution in [0.5, 0.6) is 0 Å². The van der Waals surface area contributed by atoms with E-state index in [1.807, 2.05) is 6.92 Å². The van der Waals surface area contributed by atoms with Gasteiger partial charge in [-0.2, -0.15) is 0 Å². The van der Waals surface area contributed by atoms with Crippen LogP contribution in [0.1, 0.15) is 6.92 Å². The summed E-state index contributed by atoms with van der Waals surface area (Å²) in [6, 6.07) is 3.02. The molecule has 0 atom stereocenters. The third kappa shape index (κ3) is 2.15. The molecule has 0 bridgehead atoms. The van der Waals surface area contributed by atoms with E-state index in [1.165, 1.54) is 17.8 Å². The first-order chi connectivity index (χ1) is 5.66. The molecule has 12 heavy (non-hydrogen) atoms. The van der Waals surface area contributed by atoms with Crippen molar-refractivity contribution in [3.05, 3.63) is 27.4 Å². The van der Waals surface area contributed by atoms with E-state index in [-0.39, 0.29) is 5.82 Å². The third-order valence-electron chi connectivity index (χ3n) is 1.29. The zero-order chi connectivity index (χ0) is 9.14. The first-order valence-electron chi connectivity index (χ1n) is 3.43. The van der Waals surface area contributed by atoms with Gasteiger partial charge < -0.3 is 0 Å². The largest absolute Gasteiger partial charge is 0.206 e. The van der Waals surface area contributed by atoms with Crippen molar-refractivity contribution in [3.8, 4) is 0 Å². The van der Waals surface area contributed by atoms with E-state index in [9.17, 15) is 4.39 Å². The maximum Gasteiger partial charge on any atom is 0.138 e. The van der Waals surface area contributed by atoms with Crippen molar-refractivity contribution in [1.82, 2.24) is 0 Å². The number of thioether (sulfide) groups is 1. The van der Waals surface area contributed by atoms with Crippen LogP contribution in [0.4, 0.5) is 4.39 Å². The lowest BCUT2D eigenvalue weighted by Crippen LogP contribution is -1.84. The van der Waals surface area contributed by atoms with Crippen LogP contribution >= 0.6 is 39.3 Å². The maximum atomic E-state index is 13.1. The zero-order valence-corrected chi connectivity index (χ0v) is 9.56. The predicted molar refractivity (Wildman–Crippen MR) is 55.5 cm³/mol. The smallest absolute Gasteiger partial charge is 0.138 e. The molecule has 0 aliphatic rings. The van der Waals surface area contributed by atoms with Gasteiger partial charge in [-0.05, 0) is 33.8 Å². The van der Waals surface area contributed by atoms with Gasteiger partial charge in [0.25, 0.3) is 0 Å². The van der Waals surface area contributed by atoms with Gasteiger partial charge in [0.2, 0.25) is 0 Å². The molecule has 0 radical (unpaired) electrons. The molecule has 0 unspecified atom stereocenters. The summed E-state index contributed by atoms with van der Waals surface area (Å²) in [6.45, 7) is 1.96. The monoisotopic (exact) mass is 268 g/mol. The molecular formula is C8H7BrClFS. The Morgan fingerprint density at radius 2 is 2.25 bits per heavy atom. The summed E-state index contributed by atoms with van der Waals surface area (Å²) in [5.74, 6) is 0.558. The van der Waals surface area contributed by atoms with Gasteiger partial charge in [0, 0.05) is 4.47 Å². The van der Waals surface area contributed by atoms with Gasteiger partial charge in [-0.1, -0.05) is 18.5 Å². The number of halogens is 3. The number of hydrogen-bond acceptors (Lipinski definition) is 1. The van der Waals surface area contributed by atoms with Crippen LogP contribution in [-0.4, -0.2) is 5.75 Å². The second kappa shape index (κ2) is 4.49. The van der Waals surface area contributed by atoms with Crippen molar-refractivity contribution in [2.24, 2.45) is 0 Å². The lowest BCUT2D eigenvalue weighted by atomic mass is 10.3. The Hall–Kier alpha value is 0.270. The highest BCUT2D eigenvalue weighted by Gasteiger charge is 2.09. The lowest BCUT2D eigenvalue weighted by Gasteiger charge is -2.04. The lowest BCUT2D eigenvalue weighted by molar-refractivity contribution is 0.602. The van der Waals surface area contributed by atoms with Crippen LogP contribution < -0.4 is 0 Å². The van der Waals surface area contributed by atoms with E-state index >= 15 is 0 Å². The summed E-state index contributed by atoms with van der Waals surface area (Å²) in [6.07, 6.45) is 0. The molecule has 0 spiro atoms. The van der Waals surface area contributed by atoms with E-state index in [2.05, 4.69) is 15.9 Å². The molecular weight excluding hydrogens is 263 g/mol. The molecule has 0 saturated heterocycles. The van der Waals surface area contributed by atoms with Crippen LogP contribution in [0.25, 0.3) is 0 Å². The minimum absolute atomic E-state index is 0.255. The summed E-state index contributed by atoms with van der Waals surface area (Å²) >= 11 is 10.5. The van der Waals surface area contributed by atoms with Gasteiger partial charge in [-0.3, -0.25) is 0 Å². The Balaban J connectivity index is 3.14. The highest BCUT2D eigenvalue weighted by atomic mass is 79.9. The summed E-state index contributed by atoms with van der Waals surface area (Å²) < 4.78 is 13.8. The summed E-state index contributed by atoms with van der Waals surface area (Å²) in [4.78, 5) is 0.522. The fourth-order valence-electron chi connectivity index (χ4n) is 0.785. The van der Waals surface area contributed by atoms with Gasteiger partial charge in [0.1, 0.15) is 5.82 Å². The van der Waals surface area contributed by atoms with E-state index in [0.29, 0.717) is 9.92 Å². The molecule has 66 valence electrons. The quantitative estimate of drug-likeness (QED) is 0.568. The predicted octanol–water partition coefficient (Wildman–Crippen LogP) is 4.35. The SMILES string of the molecule is CCSc1c(F)ccc(Br)c1Cl. The Labute approximate surface area is 88.6 Å². The molecule has 0 aromatic heterocycles. The van der Waals surface area contributed by atoms with Gasteiger partial charge in [-0.25, -0.2) is 4.39 Å². The first-order valence-corrected chi connectivity index (χ1v) is 5.58. The molecule has 0 amide bonds. The summed E-state index contributed by atoms with van der Waals surface area (Å²) in [5.41, 5.74) is 0. The second-order valence-corrected chi connectivity index (χ2v) is 4.61. The molecule has 1 aromatic carbocycles. The average Bonchev–Trinajstić information content (AvgIpc) is 2.06. The molecule has 0 heterocycles. The Kier molecular flexibility index (Phi) is 3.87. The van der Waals surface area contributed by atoms with E-state index in [1.54, 1.807) is 6.07 Å². The molecule has 0 saturated carbocycles. The summed E-state index contributed by atoms with van der Waals surface area (Å²) in [5, 5.41) is 0.460. The first kappa shape index (κ1) is 10.4. The van der Waals surface area contributed by atoms with Crippen molar-refractivity contribution < 1.29 is 4.39 Å². The minimum atomic E-state index is -0.255. The van der Waals surface area contributed by atoms with Crippen LogP contribution in [0.2, 0.25) is 5.02 Å². The molecule has 0 fully saturated rings. The minimum Gasteiger partial charge on any atom is -0.206 e. The average molecular weight is 270 g/mol. The highest BCUT2D eigenvalue weighted by Crippen LogP contribution is 2.35. The molecule has 1 aromatic rings. The number of rotatable bonds is 2. The van der Waals surface area contributed by atoms with E-state index in [4.69, 9.17) is 11.6 Å². The van der Waals surface area contributed by atoms with Crippen LogP contribution in [-0.2, 0) is 0 Å². The van der Waals surface area contributed by atoms with Crippen LogP contribution in [0, 0.1) is 5.82 Å². The molecule has 0 aliphatic heterocycles. The van der Waals surface area contributed by atoms with E-state index in [0.717, 1.165) is 10.2 Å². The fourth-order valence-corrected chi connectivity index (χ4v) is 2.29. The van der Waals surface area contributed by atoms with E-state index < -0.39 is 0 Å². The van der Waals surface area contributed by atoms with Crippen LogP contribution in [0.15, 0.2) is 21.5 Å².